The molecule has 0 atom stereocenters. The minimum Gasteiger partial charge on any atom is -0.481 e. The summed E-state index contributed by atoms with van der Waals surface area (Å²) in [7, 11) is -0.312. The summed E-state index contributed by atoms with van der Waals surface area (Å²) in [5, 5.41) is 3.04. The fourth-order valence-corrected chi connectivity index (χ4v) is 4.45. The van der Waals surface area contributed by atoms with Crippen molar-refractivity contribution >= 4 is 27.3 Å². The lowest BCUT2D eigenvalue weighted by atomic mass is 10.2. The van der Waals surface area contributed by atoms with Gasteiger partial charge in [-0.2, -0.15) is 8.42 Å². The minimum absolute atomic E-state index is 0.417. The number of ether oxygens (including phenoxy) is 1. The number of aromatic nitrogens is 1. The van der Waals surface area contributed by atoms with Crippen LogP contribution in [0.1, 0.15) is 6.42 Å². The number of hydrogen-bond acceptors (Lipinski definition) is 5. The lowest BCUT2D eigenvalue weighted by Gasteiger charge is -2.21. The summed E-state index contributed by atoms with van der Waals surface area (Å²) < 4.78 is 34.0. The Balaban J connectivity index is 2.02. The second-order valence-electron chi connectivity index (χ2n) is 5.35. The van der Waals surface area contributed by atoms with Gasteiger partial charge in [0, 0.05) is 12.6 Å². The maximum atomic E-state index is 13.1. The lowest BCUT2D eigenvalue weighted by Crippen LogP contribution is -2.36. The van der Waals surface area contributed by atoms with Crippen molar-refractivity contribution in [2.75, 3.05) is 35.9 Å². The van der Waals surface area contributed by atoms with Crippen LogP contribution in [0, 0.1) is 0 Å². The molecule has 0 spiro atoms. The zero-order valence-corrected chi connectivity index (χ0v) is 14.5. The highest BCUT2D eigenvalue weighted by Gasteiger charge is 2.40. The molecule has 0 aliphatic carbocycles. The van der Waals surface area contributed by atoms with Crippen LogP contribution in [0.2, 0.25) is 0 Å². The summed E-state index contributed by atoms with van der Waals surface area (Å²) in [6.07, 6.45) is 2.23. The van der Waals surface area contributed by atoms with Gasteiger partial charge in [-0.25, -0.2) is 9.29 Å². The van der Waals surface area contributed by atoms with Gasteiger partial charge in [-0.15, -0.1) is 0 Å². The van der Waals surface area contributed by atoms with Gasteiger partial charge >= 0.3 is 10.2 Å². The summed E-state index contributed by atoms with van der Waals surface area (Å²) in [5.74, 6) is 0.439. The molecule has 0 saturated heterocycles. The van der Waals surface area contributed by atoms with Crippen molar-refractivity contribution < 1.29 is 13.2 Å². The average Bonchev–Trinajstić information content (AvgIpc) is 2.82. The molecule has 0 amide bonds. The second kappa shape index (κ2) is 6.66. The minimum atomic E-state index is -3.68. The zero-order valence-electron chi connectivity index (χ0n) is 13.6. The van der Waals surface area contributed by atoms with Crippen LogP contribution in [-0.4, -0.2) is 40.6 Å². The summed E-state index contributed by atoms with van der Waals surface area (Å²) in [6, 6.07) is 10.6. The Bertz CT molecular complexity index is 808. The Morgan fingerprint density at radius 3 is 2.54 bits per heavy atom. The molecule has 1 N–H and O–H groups in total. The second-order valence-corrected chi connectivity index (χ2v) is 7.05. The third kappa shape index (κ3) is 2.78. The van der Waals surface area contributed by atoms with Crippen molar-refractivity contribution in [3.8, 4) is 5.88 Å². The van der Waals surface area contributed by atoms with E-state index in [-0.39, 0.29) is 0 Å². The fourth-order valence-electron chi connectivity index (χ4n) is 2.71. The largest absolute Gasteiger partial charge is 0.481 e. The van der Waals surface area contributed by atoms with Crippen molar-refractivity contribution in [2.45, 2.75) is 6.42 Å². The molecular formula is C16H20N4O3S. The van der Waals surface area contributed by atoms with E-state index in [0.29, 0.717) is 29.5 Å². The van der Waals surface area contributed by atoms with Crippen molar-refractivity contribution in [3.05, 3.63) is 42.6 Å². The Hall–Kier alpha value is -2.32. The van der Waals surface area contributed by atoms with Crippen LogP contribution in [-0.2, 0) is 10.2 Å². The third-order valence-corrected chi connectivity index (χ3v) is 5.64. The van der Waals surface area contributed by atoms with Gasteiger partial charge < -0.3 is 10.1 Å². The molecule has 0 radical (unpaired) electrons. The normalized spacial score (nSPS) is 15.4. The van der Waals surface area contributed by atoms with Gasteiger partial charge in [0.25, 0.3) is 0 Å². The number of para-hydroxylation sites is 2. The highest BCUT2D eigenvalue weighted by atomic mass is 32.2. The molecule has 2 heterocycles. The van der Waals surface area contributed by atoms with Crippen LogP contribution in [0.25, 0.3) is 0 Å². The van der Waals surface area contributed by atoms with Crippen LogP contribution in [0.15, 0.2) is 42.6 Å². The highest BCUT2D eigenvalue weighted by Crippen LogP contribution is 2.45. The van der Waals surface area contributed by atoms with Gasteiger partial charge in [0.05, 0.1) is 30.4 Å². The zero-order chi connectivity index (χ0) is 17.2. The number of fused-ring (bicyclic) bond motifs is 1. The van der Waals surface area contributed by atoms with E-state index < -0.39 is 10.2 Å². The Morgan fingerprint density at radius 1 is 1.17 bits per heavy atom. The molecule has 24 heavy (non-hydrogen) atoms. The Labute approximate surface area is 142 Å². The van der Waals surface area contributed by atoms with Gasteiger partial charge in [0.15, 0.2) is 0 Å². The first-order valence-corrected chi connectivity index (χ1v) is 9.06. The molecule has 8 heteroatoms. The van der Waals surface area contributed by atoms with Gasteiger partial charge in [0.2, 0.25) is 5.88 Å². The van der Waals surface area contributed by atoms with Crippen molar-refractivity contribution in [2.24, 2.45) is 0 Å². The number of anilines is 3. The summed E-state index contributed by atoms with van der Waals surface area (Å²) >= 11 is 0. The molecule has 7 nitrogen and oxygen atoms in total. The van der Waals surface area contributed by atoms with Crippen molar-refractivity contribution in [3.63, 3.8) is 0 Å². The lowest BCUT2D eigenvalue weighted by molar-refractivity contribution is 0.398. The Kier molecular flexibility index (Phi) is 4.59. The topological polar surface area (TPSA) is 74.8 Å². The fraction of sp³-hybridized carbons (Fsp3) is 0.312. The number of pyridine rings is 1. The van der Waals surface area contributed by atoms with Gasteiger partial charge in [-0.1, -0.05) is 12.1 Å². The average molecular weight is 348 g/mol. The monoisotopic (exact) mass is 348 g/mol. The van der Waals surface area contributed by atoms with E-state index in [1.165, 1.54) is 21.9 Å². The van der Waals surface area contributed by atoms with Crippen LogP contribution in [0.5, 0.6) is 5.88 Å². The maximum Gasteiger partial charge on any atom is 0.331 e. The van der Waals surface area contributed by atoms with Crippen LogP contribution >= 0.6 is 0 Å². The molecule has 0 fully saturated rings. The van der Waals surface area contributed by atoms with E-state index in [1.807, 2.05) is 25.2 Å². The van der Waals surface area contributed by atoms with Crippen LogP contribution < -0.4 is 18.7 Å². The molecule has 128 valence electrons. The van der Waals surface area contributed by atoms with Gasteiger partial charge in [-0.05, 0) is 38.2 Å². The smallest absolute Gasteiger partial charge is 0.331 e. The summed E-state index contributed by atoms with van der Waals surface area (Å²) in [5.41, 5.74) is 1.80. The molecule has 1 aliphatic rings. The molecule has 0 saturated carbocycles. The predicted octanol–water partition coefficient (Wildman–Crippen LogP) is 1.90. The molecule has 1 aromatic heterocycles. The van der Waals surface area contributed by atoms with E-state index in [0.717, 1.165) is 13.0 Å². The number of hydrogen-bond donors (Lipinski definition) is 1. The quantitative estimate of drug-likeness (QED) is 0.807. The van der Waals surface area contributed by atoms with Crippen LogP contribution in [0.3, 0.4) is 0 Å². The first-order valence-electron chi connectivity index (χ1n) is 7.66. The molecule has 3 rings (SSSR count). The maximum absolute atomic E-state index is 13.1. The Morgan fingerprint density at radius 2 is 1.92 bits per heavy atom. The summed E-state index contributed by atoms with van der Waals surface area (Å²) in [4.78, 5) is 4.12. The van der Waals surface area contributed by atoms with E-state index in [4.69, 9.17) is 4.74 Å². The standard InChI is InChI=1S/C16H20N4O3S/c1-17-10-5-11-19-14-6-3-4-7-15(14)20(24(19,21)22)13-8-9-16(23-2)18-12-13/h3-4,6-9,12,17H,5,10-11H2,1-2H3. The first-order chi connectivity index (χ1) is 11.6. The number of nitrogens with zero attached hydrogens (tertiary/aromatic N) is 3. The van der Waals surface area contributed by atoms with Crippen molar-refractivity contribution in [1.29, 1.82) is 0 Å². The third-order valence-electron chi connectivity index (χ3n) is 3.83. The molecule has 0 bridgehead atoms. The molecule has 0 unspecified atom stereocenters. The number of nitrogens with one attached hydrogen (secondary N) is 1. The number of rotatable bonds is 6. The molecule has 2 aromatic rings. The van der Waals surface area contributed by atoms with E-state index in [1.54, 1.807) is 18.2 Å². The van der Waals surface area contributed by atoms with Gasteiger partial charge in [0.1, 0.15) is 0 Å². The molecular weight excluding hydrogens is 328 g/mol. The number of benzene rings is 1. The highest BCUT2D eigenvalue weighted by molar-refractivity contribution is 7.95. The van der Waals surface area contributed by atoms with E-state index in [2.05, 4.69) is 10.3 Å². The molecule has 1 aliphatic heterocycles. The number of methoxy groups -OCH3 is 1. The summed E-state index contributed by atoms with van der Waals surface area (Å²) in [6.45, 7) is 1.17. The van der Waals surface area contributed by atoms with Crippen molar-refractivity contribution in [1.82, 2.24) is 10.3 Å². The SMILES string of the molecule is CNCCCN1c2ccccc2N(c2ccc(OC)nc2)S1(=O)=O. The first kappa shape index (κ1) is 16.5. The predicted molar refractivity (Wildman–Crippen MR) is 94.2 cm³/mol. The van der Waals surface area contributed by atoms with E-state index >= 15 is 0 Å². The van der Waals surface area contributed by atoms with Crippen LogP contribution in [0.4, 0.5) is 17.1 Å². The molecule has 1 aromatic carbocycles. The van der Waals surface area contributed by atoms with Gasteiger partial charge in [-0.3, -0.25) is 4.31 Å². The van der Waals surface area contributed by atoms with E-state index in [9.17, 15) is 8.42 Å².